The third-order valence-electron chi connectivity index (χ3n) is 3.96. The number of hydrogen-bond donors (Lipinski definition) is 1. The molecule has 1 aliphatic rings. The minimum absolute atomic E-state index is 0.171. The van der Waals surface area contributed by atoms with E-state index in [0.717, 1.165) is 4.90 Å². The second-order valence-electron chi connectivity index (χ2n) is 9.02. The van der Waals surface area contributed by atoms with E-state index in [0.29, 0.717) is 32.2 Å². The van der Waals surface area contributed by atoms with Gasteiger partial charge in [0, 0.05) is 19.5 Å². The third-order valence-corrected chi connectivity index (χ3v) is 3.96. The molecule has 0 aromatic carbocycles. The lowest BCUT2D eigenvalue weighted by Crippen LogP contribution is -2.49. The monoisotopic (exact) mass is 398 g/mol. The fourth-order valence-electron chi connectivity index (χ4n) is 2.78. The zero-order valence-electron chi connectivity index (χ0n) is 17.9. The molecule has 0 aromatic rings. The van der Waals surface area contributed by atoms with Crippen molar-refractivity contribution in [1.29, 1.82) is 0 Å². The van der Waals surface area contributed by atoms with Crippen molar-refractivity contribution in [3.63, 3.8) is 0 Å². The number of nitrogens with one attached hydrogen (secondary N) is 1. The summed E-state index contributed by atoms with van der Waals surface area (Å²) < 4.78 is 10.4. The Hall–Kier alpha value is -2.12. The van der Waals surface area contributed by atoms with E-state index >= 15 is 0 Å². The van der Waals surface area contributed by atoms with Crippen LogP contribution in [0.4, 0.5) is 9.59 Å². The van der Waals surface area contributed by atoms with Gasteiger partial charge in [0.1, 0.15) is 17.0 Å². The molecule has 1 atom stereocenters. The normalized spacial score (nSPS) is 17.9. The van der Waals surface area contributed by atoms with Crippen molar-refractivity contribution >= 4 is 23.9 Å². The molecule has 28 heavy (non-hydrogen) atoms. The van der Waals surface area contributed by atoms with Crippen LogP contribution in [-0.2, 0) is 19.1 Å². The third kappa shape index (κ3) is 8.71. The number of ketones is 1. The number of carbonyl (C=O) groups is 4. The number of hydrogen-bond acceptors (Lipinski definition) is 6. The summed E-state index contributed by atoms with van der Waals surface area (Å²) in [6.45, 7) is 11.2. The summed E-state index contributed by atoms with van der Waals surface area (Å²) in [5, 5.41) is 2.64. The highest BCUT2D eigenvalue weighted by Gasteiger charge is 2.38. The van der Waals surface area contributed by atoms with Gasteiger partial charge in [-0.3, -0.25) is 9.59 Å². The summed E-state index contributed by atoms with van der Waals surface area (Å²) in [5.41, 5.74) is -1.25. The van der Waals surface area contributed by atoms with Gasteiger partial charge in [-0.2, -0.15) is 0 Å². The maximum atomic E-state index is 12.5. The van der Waals surface area contributed by atoms with Crippen molar-refractivity contribution in [1.82, 2.24) is 10.2 Å². The average Bonchev–Trinajstić information content (AvgIpc) is 2.51. The lowest BCUT2D eigenvalue weighted by Gasteiger charge is -2.31. The van der Waals surface area contributed by atoms with Gasteiger partial charge in [-0.15, -0.1) is 0 Å². The van der Waals surface area contributed by atoms with Crippen LogP contribution in [0.1, 0.15) is 73.6 Å². The summed E-state index contributed by atoms with van der Waals surface area (Å²) in [4.78, 5) is 49.7. The van der Waals surface area contributed by atoms with Crippen LogP contribution in [0.15, 0.2) is 0 Å². The van der Waals surface area contributed by atoms with Gasteiger partial charge in [0.15, 0.2) is 0 Å². The van der Waals surface area contributed by atoms with Gasteiger partial charge in [-0.05, 0) is 67.2 Å². The Kier molecular flexibility index (Phi) is 8.45. The number of piperidine rings is 1. The smallest absolute Gasteiger partial charge is 0.417 e. The number of Topliss-reactive ketones (excluding diaryl/α,β-unsaturated/α-hetero) is 1. The van der Waals surface area contributed by atoms with Gasteiger partial charge >= 0.3 is 12.2 Å². The molecule has 0 bridgehead atoms. The van der Waals surface area contributed by atoms with Crippen LogP contribution >= 0.6 is 0 Å². The molecule has 0 saturated carbocycles. The van der Waals surface area contributed by atoms with Gasteiger partial charge in [-0.25, -0.2) is 14.5 Å². The van der Waals surface area contributed by atoms with Gasteiger partial charge < -0.3 is 14.8 Å². The zero-order chi connectivity index (χ0) is 21.5. The average molecular weight is 399 g/mol. The number of nitrogens with zero attached hydrogens (tertiary/aromatic N) is 1. The van der Waals surface area contributed by atoms with E-state index in [1.54, 1.807) is 41.5 Å². The molecular weight excluding hydrogens is 364 g/mol. The molecule has 3 amide bonds. The van der Waals surface area contributed by atoms with Crippen molar-refractivity contribution < 1.29 is 28.7 Å². The quantitative estimate of drug-likeness (QED) is 0.543. The molecular formula is C20H34N2O6. The molecule has 0 aliphatic carbocycles. The largest absolute Gasteiger partial charge is 0.444 e. The van der Waals surface area contributed by atoms with Gasteiger partial charge in [0.05, 0.1) is 5.92 Å². The SMILES string of the molecule is CC(C)(C)OC(=O)NCCCCC(=O)C1CCCN(C(=O)OC(C)(C)C)C1=O. The van der Waals surface area contributed by atoms with E-state index in [4.69, 9.17) is 9.47 Å². The first-order valence-corrected chi connectivity index (χ1v) is 9.84. The molecule has 8 nitrogen and oxygen atoms in total. The molecule has 1 fully saturated rings. The van der Waals surface area contributed by atoms with Crippen molar-refractivity contribution in [2.75, 3.05) is 13.1 Å². The Bertz CT molecular complexity index is 588. The predicted octanol–water partition coefficient (Wildman–Crippen LogP) is 3.42. The zero-order valence-corrected chi connectivity index (χ0v) is 17.9. The van der Waals surface area contributed by atoms with E-state index in [9.17, 15) is 19.2 Å². The number of ether oxygens (including phenoxy) is 2. The Labute approximate surface area is 167 Å². The molecule has 1 saturated heterocycles. The molecule has 1 rings (SSSR count). The van der Waals surface area contributed by atoms with Crippen molar-refractivity contribution in [2.24, 2.45) is 5.92 Å². The van der Waals surface area contributed by atoms with Crippen LogP contribution in [0.3, 0.4) is 0 Å². The number of carbonyl (C=O) groups excluding carboxylic acids is 4. The molecule has 0 spiro atoms. The number of amides is 3. The lowest BCUT2D eigenvalue weighted by molar-refractivity contribution is -0.143. The number of rotatable bonds is 6. The second kappa shape index (κ2) is 9.89. The minimum atomic E-state index is -0.792. The second-order valence-corrected chi connectivity index (χ2v) is 9.02. The van der Waals surface area contributed by atoms with Gasteiger partial charge in [0.25, 0.3) is 0 Å². The molecule has 1 N–H and O–H groups in total. The predicted molar refractivity (Wildman–Crippen MR) is 104 cm³/mol. The molecule has 1 unspecified atom stereocenters. The standard InChI is InChI=1S/C20H34N2O6/c1-19(2,3)27-17(25)21-12-8-7-11-15(23)14-10-9-13-22(16(14)24)18(26)28-20(4,5)6/h14H,7-13H2,1-6H3,(H,21,25). The summed E-state index contributed by atoms with van der Waals surface area (Å²) in [6.07, 6.45) is 1.22. The van der Waals surface area contributed by atoms with E-state index in [-0.39, 0.29) is 18.7 Å². The van der Waals surface area contributed by atoms with Crippen molar-refractivity contribution in [3.8, 4) is 0 Å². The number of unbranched alkanes of at least 4 members (excludes halogenated alkanes) is 1. The molecule has 0 aromatic heterocycles. The Morgan fingerprint density at radius 1 is 1.04 bits per heavy atom. The fourth-order valence-corrected chi connectivity index (χ4v) is 2.78. The number of alkyl carbamates (subject to hydrolysis) is 1. The van der Waals surface area contributed by atoms with Crippen molar-refractivity contribution in [2.45, 2.75) is 84.8 Å². The minimum Gasteiger partial charge on any atom is -0.444 e. The van der Waals surface area contributed by atoms with Crippen molar-refractivity contribution in [3.05, 3.63) is 0 Å². The highest BCUT2D eigenvalue weighted by atomic mass is 16.6. The van der Waals surface area contributed by atoms with Gasteiger partial charge in [0.2, 0.25) is 5.91 Å². The lowest BCUT2D eigenvalue weighted by atomic mass is 9.90. The van der Waals surface area contributed by atoms with Crippen LogP contribution < -0.4 is 5.32 Å². The summed E-state index contributed by atoms with van der Waals surface area (Å²) in [7, 11) is 0. The van der Waals surface area contributed by atoms with E-state index in [1.807, 2.05) is 0 Å². The molecule has 1 aliphatic heterocycles. The molecule has 1 heterocycles. The number of likely N-dealkylation sites (tertiary alicyclic amines) is 1. The molecule has 0 radical (unpaired) electrons. The highest BCUT2D eigenvalue weighted by molar-refractivity contribution is 6.06. The highest BCUT2D eigenvalue weighted by Crippen LogP contribution is 2.23. The molecule has 8 heteroatoms. The van der Waals surface area contributed by atoms with Gasteiger partial charge in [-0.1, -0.05) is 0 Å². The van der Waals surface area contributed by atoms with E-state index < -0.39 is 35.2 Å². The Morgan fingerprint density at radius 3 is 2.21 bits per heavy atom. The first-order valence-electron chi connectivity index (χ1n) is 9.84. The maximum absolute atomic E-state index is 12.5. The topological polar surface area (TPSA) is 102 Å². The first-order chi connectivity index (χ1) is 12.8. The van der Waals surface area contributed by atoms with Crippen LogP contribution in [0, 0.1) is 5.92 Å². The number of imide groups is 1. The van der Waals surface area contributed by atoms with E-state index in [1.165, 1.54) is 0 Å². The Morgan fingerprint density at radius 2 is 1.64 bits per heavy atom. The van der Waals surface area contributed by atoms with Crippen LogP contribution in [0.5, 0.6) is 0 Å². The molecule has 160 valence electrons. The van der Waals surface area contributed by atoms with Crippen LogP contribution in [-0.4, -0.2) is 53.1 Å². The van der Waals surface area contributed by atoms with Crippen LogP contribution in [0.25, 0.3) is 0 Å². The Balaban J connectivity index is 2.40. The first kappa shape index (κ1) is 23.9. The summed E-state index contributed by atoms with van der Waals surface area (Å²) in [6, 6.07) is 0. The fraction of sp³-hybridized carbons (Fsp3) is 0.800. The van der Waals surface area contributed by atoms with Crippen LogP contribution in [0.2, 0.25) is 0 Å². The maximum Gasteiger partial charge on any atom is 0.417 e. The van der Waals surface area contributed by atoms with E-state index in [2.05, 4.69) is 5.32 Å². The summed E-state index contributed by atoms with van der Waals surface area (Å²) >= 11 is 0. The summed E-state index contributed by atoms with van der Waals surface area (Å²) in [5.74, 6) is -1.44.